The number of nitrogens with zero attached hydrogens (tertiary/aromatic N) is 4. The first-order chi connectivity index (χ1) is 14.7. The van der Waals surface area contributed by atoms with Gasteiger partial charge >= 0.3 is 17.7 Å². The maximum absolute atomic E-state index is 13.2. The van der Waals surface area contributed by atoms with Gasteiger partial charge in [-0.2, -0.15) is 18.3 Å². The number of carbonyl (C=O) groups excluding carboxylic acids is 1. The van der Waals surface area contributed by atoms with E-state index in [-0.39, 0.29) is 16.6 Å². The number of H-pyrrole nitrogens is 1. The molecule has 2 bridgehead atoms. The normalized spacial score (nSPS) is 23.4. The number of hydrogen-bond acceptors (Lipinski definition) is 7. The quantitative estimate of drug-likeness (QED) is 0.656. The van der Waals surface area contributed by atoms with Crippen LogP contribution >= 0.6 is 11.3 Å². The smallest absolute Gasteiger partial charge is 0.323 e. The minimum absolute atomic E-state index is 0.0350. The zero-order valence-corrected chi connectivity index (χ0v) is 17.2. The Hall–Kier alpha value is -2.73. The zero-order chi connectivity index (χ0) is 21.9. The van der Waals surface area contributed by atoms with Gasteiger partial charge in [0.1, 0.15) is 4.70 Å². The van der Waals surface area contributed by atoms with E-state index in [0.717, 1.165) is 48.5 Å². The lowest BCUT2D eigenvalue weighted by Gasteiger charge is -2.45. The molecule has 3 aromatic heterocycles. The van der Waals surface area contributed by atoms with Gasteiger partial charge < -0.3 is 4.84 Å². The number of hydrogen-bond donors (Lipinski definition) is 1. The number of alkyl halides is 3. The second-order valence-corrected chi connectivity index (χ2v) is 8.96. The van der Waals surface area contributed by atoms with E-state index in [1.807, 2.05) is 6.92 Å². The van der Waals surface area contributed by atoms with Gasteiger partial charge in [0.2, 0.25) is 0 Å². The highest BCUT2D eigenvalue weighted by Gasteiger charge is 2.44. The Labute approximate surface area is 177 Å². The molecule has 3 aliphatic heterocycles. The van der Waals surface area contributed by atoms with Crippen molar-refractivity contribution in [3.05, 3.63) is 34.1 Å². The Morgan fingerprint density at radius 1 is 1.32 bits per heavy atom. The maximum Gasteiger partial charge on any atom is 0.493 e. The third-order valence-electron chi connectivity index (χ3n) is 5.98. The van der Waals surface area contributed by atoms with Crippen LogP contribution in [0.1, 0.15) is 36.8 Å². The summed E-state index contributed by atoms with van der Waals surface area (Å²) in [7, 11) is 0. The molecule has 0 spiro atoms. The molecule has 3 aromatic rings. The topological polar surface area (TPSA) is 93.1 Å². The summed E-state index contributed by atoms with van der Waals surface area (Å²) in [6, 6.07) is 1.33. The summed E-state index contributed by atoms with van der Waals surface area (Å²) in [6.07, 6.45) is -0.984. The van der Waals surface area contributed by atoms with E-state index in [1.54, 1.807) is 12.3 Å². The van der Waals surface area contributed by atoms with Crippen molar-refractivity contribution < 1.29 is 22.8 Å². The molecule has 8 nitrogen and oxygen atoms in total. The Kier molecular flexibility index (Phi) is 4.66. The van der Waals surface area contributed by atoms with Crippen LogP contribution in [0.5, 0.6) is 0 Å². The molecule has 0 unspecified atom stereocenters. The van der Waals surface area contributed by atoms with E-state index in [9.17, 15) is 22.8 Å². The van der Waals surface area contributed by atoms with Crippen LogP contribution in [-0.2, 0) is 4.79 Å². The highest BCUT2D eigenvalue weighted by atomic mass is 32.1. The van der Waals surface area contributed by atoms with Crippen LogP contribution in [0.3, 0.4) is 0 Å². The first kappa shape index (κ1) is 20.2. The van der Waals surface area contributed by atoms with Crippen molar-refractivity contribution in [1.82, 2.24) is 24.8 Å². The Morgan fingerprint density at radius 2 is 2.06 bits per heavy atom. The van der Waals surface area contributed by atoms with Gasteiger partial charge in [-0.1, -0.05) is 0 Å². The number of aryl methyl sites for hydroxylation is 1. The number of piperidine rings is 3. The molecule has 31 heavy (non-hydrogen) atoms. The molecule has 12 heteroatoms. The molecule has 0 aromatic carbocycles. The number of fused-ring (bicyclic) bond motifs is 4. The van der Waals surface area contributed by atoms with Crippen molar-refractivity contribution in [1.29, 1.82) is 0 Å². The fourth-order valence-electron chi connectivity index (χ4n) is 4.38. The van der Waals surface area contributed by atoms with Gasteiger partial charge in [-0.3, -0.25) is 14.8 Å². The van der Waals surface area contributed by atoms with Crippen molar-refractivity contribution in [2.75, 3.05) is 13.1 Å². The molecule has 3 aliphatic rings. The predicted octanol–water partition coefficient (Wildman–Crippen LogP) is 2.83. The van der Waals surface area contributed by atoms with Gasteiger partial charge in [0.25, 0.3) is 0 Å². The van der Waals surface area contributed by atoms with Crippen LogP contribution in [0.4, 0.5) is 13.2 Å². The van der Waals surface area contributed by atoms with Crippen molar-refractivity contribution in [2.24, 2.45) is 5.92 Å². The lowest BCUT2D eigenvalue weighted by atomic mass is 9.83. The summed E-state index contributed by atoms with van der Waals surface area (Å²) in [4.78, 5) is 36.7. The third-order valence-corrected chi connectivity index (χ3v) is 7.13. The summed E-state index contributed by atoms with van der Waals surface area (Å²) >= 11 is 1.07. The van der Waals surface area contributed by atoms with Gasteiger partial charge in [0, 0.05) is 16.1 Å². The lowest BCUT2D eigenvalue weighted by molar-refractivity contribution is -0.201. The average molecular weight is 453 g/mol. The van der Waals surface area contributed by atoms with Crippen molar-refractivity contribution >= 4 is 27.5 Å². The molecule has 0 amide bonds. The number of carbonyl (C=O) groups is 1. The van der Waals surface area contributed by atoms with Gasteiger partial charge in [-0.05, 0) is 51.3 Å². The molecule has 1 N–H and O–H groups in total. The summed E-state index contributed by atoms with van der Waals surface area (Å²) < 4.78 is 39.3. The fourth-order valence-corrected chi connectivity index (χ4v) is 5.47. The average Bonchev–Trinajstić information content (AvgIpc) is 3.35. The van der Waals surface area contributed by atoms with Crippen LogP contribution in [0.15, 0.2) is 17.1 Å². The van der Waals surface area contributed by atoms with E-state index in [0.29, 0.717) is 27.5 Å². The maximum atomic E-state index is 13.2. The first-order valence-electron chi connectivity index (χ1n) is 9.82. The summed E-state index contributed by atoms with van der Waals surface area (Å²) in [5, 5.41) is 6.78. The van der Waals surface area contributed by atoms with E-state index in [2.05, 4.69) is 24.9 Å². The molecular formula is C19H18F3N5O3S. The van der Waals surface area contributed by atoms with Crippen LogP contribution < -0.4 is 10.4 Å². The van der Waals surface area contributed by atoms with Crippen molar-refractivity contribution in [3.8, 4) is 10.4 Å². The molecule has 0 saturated carbocycles. The molecule has 164 valence electrons. The van der Waals surface area contributed by atoms with Crippen LogP contribution in [0, 0.1) is 12.8 Å². The van der Waals surface area contributed by atoms with Gasteiger partial charge in [-0.15, -0.1) is 16.1 Å². The minimum atomic E-state index is -5.23. The predicted molar refractivity (Wildman–Crippen MR) is 105 cm³/mol. The molecule has 3 fully saturated rings. The standard InChI is InChI=1S/C19H18F3N5O3S/c1-9-11(8-23-25-9)14-7-12-15(31-14)17(28)27(30-18(29)19(20,21)22)16(24-12)13-6-10-2-4-26(13)5-3-10/h7-8,10,13H,2-6H2,1H3,(H,23,25)/t13-/m1/s1. The monoisotopic (exact) mass is 453 g/mol. The second-order valence-electron chi connectivity index (χ2n) is 7.91. The Balaban J connectivity index is 1.67. The SMILES string of the molecule is Cc1[nH]ncc1-c1cc2nc([C@H]3CC4CCN3CC4)n(OC(=O)C(F)(F)F)c(=O)c2s1. The number of rotatable bonds is 3. The minimum Gasteiger partial charge on any atom is -0.323 e. The zero-order valence-electron chi connectivity index (χ0n) is 16.4. The van der Waals surface area contributed by atoms with E-state index in [1.165, 1.54) is 0 Å². The Morgan fingerprint density at radius 3 is 2.65 bits per heavy atom. The number of thiophene rings is 1. The molecule has 0 aliphatic carbocycles. The lowest BCUT2D eigenvalue weighted by Crippen LogP contribution is -2.48. The molecule has 1 atom stereocenters. The van der Waals surface area contributed by atoms with Gasteiger partial charge in [0.05, 0.1) is 17.8 Å². The fraction of sp³-hybridized carbons (Fsp3) is 0.474. The highest BCUT2D eigenvalue weighted by molar-refractivity contribution is 7.22. The first-order valence-corrected chi connectivity index (χ1v) is 10.6. The van der Waals surface area contributed by atoms with Crippen LogP contribution in [-0.4, -0.2) is 50.0 Å². The molecule has 3 saturated heterocycles. The molecule has 6 heterocycles. The van der Waals surface area contributed by atoms with Gasteiger partial charge in [0.15, 0.2) is 5.82 Å². The van der Waals surface area contributed by atoms with E-state index >= 15 is 0 Å². The number of nitrogens with one attached hydrogen (secondary N) is 1. The Bertz CT molecular complexity index is 1220. The number of halogens is 3. The van der Waals surface area contributed by atoms with E-state index < -0.39 is 17.7 Å². The number of aromatic amines is 1. The third kappa shape index (κ3) is 3.43. The molecular weight excluding hydrogens is 435 g/mol. The van der Waals surface area contributed by atoms with Crippen molar-refractivity contribution in [2.45, 2.75) is 38.4 Å². The van der Waals surface area contributed by atoms with Crippen molar-refractivity contribution in [3.63, 3.8) is 0 Å². The van der Waals surface area contributed by atoms with E-state index in [4.69, 9.17) is 0 Å². The molecule has 6 rings (SSSR count). The highest BCUT2D eigenvalue weighted by Crippen LogP contribution is 2.40. The molecule has 0 radical (unpaired) electrons. The van der Waals surface area contributed by atoms with Gasteiger partial charge in [-0.25, -0.2) is 9.78 Å². The number of aromatic nitrogens is 4. The summed E-state index contributed by atoms with van der Waals surface area (Å²) in [5.41, 5.74) is 1.09. The summed E-state index contributed by atoms with van der Waals surface area (Å²) in [5.74, 6) is -2.01. The largest absolute Gasteiger partial charge is 0.493 e. The summed E-state index contributed by atoms with van der Waals surface area (Å²) in [6.45, 7) is 3.35. The van der Waals surface area contributed by atoms with Crippen LogP contribution in [0.2, 0.25) is 0 Å². The van der Waals surface area contributed by atoms with Crippen LogP contribution in [0.25, 0.3) is 20.7 Å². The second kappa shape index (κ2) is 7.16.